The lowest BCUT2D eigenvalue weighted by Gasteiger charge is -2.41. The molecule has 0 radical (unpaired) electrons. The lowest BCUT2D eigenvalue weighted by Crippen LogP contribution is -2.60. The monoisotopic (exact) mass is 290 g/mol. The standard InChI is InChI=1S/C12H18O8/c1-5-9(18-6(2)13)10(19-7(3)14)11(12(16)17-5)20-8(4)15/h5,9-12,16H,1-4H3/t5-,9?,10?,11-,12?/m0/s1. The van der Waals surface area contributed by atoms with E-state index in [-0.39, 0.29) is 0 Å². The van der Waals surface area contributed by atoms with Gasteiger partial charge in [-0.3, -0.25) is 14.4 Å². The van der Waals surface area contributed by atoms with Crippen LogP contribution in [0.25, 0.3) is 0 Å². The van der Waals surface area contributed by atoms with E-state index >= 15 is 0 Å². The van der Waals surface area contributed by atoms with E-state index in [1.54, 1.807) is 0 Å². The van der Waals surface area contributed by atoms with Crippen molar-refractivity contribution in [2.45, 2.75) is 58.4 Å². The summed E-state index contributed by atoms with van der Waals surface area (Å²) in [4.78, 5) is 33.3. The molecule has 8 nitrogen and oxygen atoms in total. The summed E-state index contributed by atoms with van der Waals surface area (Å²) < 4.78 is 20.1. The van der Waals surface area contributed by atoms with Crippen molar-refractivity contribution in [1.82, 2.24) is 0 Å². The molecule has 114 valence electrons. The molecule has 1 aliphatic heterocycles. The van der Waals surface area contributed by atoms with Crippen LogP contribution in [0, 0.1) is 0 Å². The fraction of sp³-hybridized carbons (Fsp3) is 0.750. The second kappa shape index (κ2) is 6.67. The highest BCUT2D eigenvalue weighted by Gasteiger charge is 2.49. The predicted octanol–water partition coefficient (Wildman–Crippen LogP) is -0.481. The molecule has 5 atom stereocenters. The summed E-state index contributed by atoms with van der Waals surface area (Å²) in [5.41, 5.74) is 0. The molecule has 0 aliphatic carbocycles. The van der Waals surface area contributed by atoms with Gasteiger partial charge in [-0.25, -0.2) is 0 Å². The third-order valence-electron chi connectivity index (χ3n) is 2.65. The zero-order valence-electron chi connectivity index (χ0n) is 11.7. The van der Waals surface area contributed by atoms with Crippen LogP contribution in [0.4, 0.5) is 0 Å². The maximum Gasteiger partial charge on any atom is 0.303 e. The molecule has 0 saturated carbocycles. The van der Waals surface area contributed by atoms with Crippen molar-refractivity contribution >= 4 is 17.9 Å². The number of aliphatic hydroxyl groups excluding tert-OH is 1. The maximum absolute atomic E-state index is 11.2. The number of hydrogen-bond acceptors (Lipinski definition) is 8. The van der Waals surface area contributed by atoms with Gasteiger partial charge < -0.3 is 24.1 Å². The van der Waals surface area contributed by atoms with Crippen LogP contribution in [0.15, 0.2) is 0 Å². The Bertz CT molecular complexity index is 365. The molecule has 0 bridgehead atoms. The Labute approximate surface area is 115 Å². The first-order chi connectivity index (χ1) is 9.22. The van der Waals surface area contributed by atoms with Crippen LogP contribution in [0.2, 0.25) is 0 Å². The molecule has 8 heteroatoms. The highest BCUT2D eigenvalue weighted by Crippen LogP contribution is 2.27. The number of hydrogen-bond donors (Lipinski definition) is 1. The van der Waals surface area contributed by atoms with Crippen molar-refractivity contribution < 1.29 is 38.4 Å². The summed E-state index contributed by atoms with van der Waals surface area (Å²) in [6.45, 7) is 5.01. The zero-order chi connectivity index (χ0) is 15.4. The minimum absolute atomic E-state index is 0.611. The van der Waals surface area contributed by atoms with Gasteiger partial charge in [0.05, 0.1) is 6.10 Å². The molecule has 1 aliphatic rings. The van der Waals surface area contributed by atoms with Crippen LogP contribution in [0.1, 0.15) is 27.7 Å². The van der Waals surface area contributed by atoms with E-state index < -0.39 is 48.6 Å². The lowest BCUT2D eigenvalue weighted by atomic mass is 9.99. The fourth-order valence-corrected chi connectivity index (χ4v) is 1.99. The molecule has 1 rings (SSSR count). The summed E-state index contributed by atoms with van der Waals surface area (Å²) in [7, 11) is 0. The summed E-state index contributed by atoms with van der Waals surface area (Å²) in [5.74, 6) is -1.96. The van der Waals surface area contributed by atoms with E-state index in [9.17, 15) is 19.5 Å². The molecule has 3 unspecified atom stereocenters. The number of rotatable bonds is 3. The van der Waals surface area contributed by atoms with E-state index in [2.05, 4.69) is 0 Å². The Morgan fingerprint density at radius 2 is 1.25 bits per heavy atom. The quantitative estimate of drug-likeness (QED) is 0.548. The number of ether oxygens (including phenoxy) is 4. The minimum atomic E-state index is -1.48. The van der Waals surface area contributed by atoms with Gasteiger partial charge in [0.15, 0.2) is 24.6 Å². The number of carbonyl (C=O) groups excluding carboxylic acids is 3. The smallest absolute Gasteiger partial charge is 0.303 e. The van der Waals surface area contributed by atoms with E-state index in [1.807, 2.05) is 0 Å². The molecule has 1 saturated heterocycles. The highest BCUT2D eigenvalue weighted by molar-refractivity contribution is 5.68. The van der Waals surface area contributed by atoms with Gasteiger partial charge in [-0.05, 0) is 6.92 Å². The first kappa shape index (κ1) is 16.4. The van der Waals surface area contributed by atoms with Gasteiger partial charge in [0.2, 0.25) is 0 Å². The van der Waals surface area contributed by atoms with Gasteiger partial charge in [-0.2, -0.15) is 0 Å². The van der Waals surface area contributed by atoms with Crippen molar-refractivity contribution in [3.63, 3.8) is 0 Å². The number of esters is 3. The molecule has 0 aromatic rings. The summed E-state index contributed by atoms with van der Waals surface area (Å²) in [5, 5.41) is 9.79. The van der Waals surface area contributed by atoms with Gasteiger partial charge in [0.1, 0.15) is 0 Å². The first-order valence-electron chi connectivity index (χ1n) is 6.07. The molecule has 1 N–H and O–H groups in total. The van der Waals surface area contributed by atoms with Gasteiger partial charge in [0, 0.05) is 20.8 Å². The van der Waals surface area contributed by atoms with Crippen molar-refractivity contribution in [2.24, 2.45) is 0 Å². The Hall–Kier alpha value is -1.67. The average Bonchev–Trinajstić information content (AvgIpc) is 2.27. The third kappa shape index (κ3) is 4.17. The van der Waals surface area contributed by atoms with E-state index in [0.717, 1.165) is 13.8 Å². The molecule has 0 amide bonds. The van der Waals surface area contributed by atoms with Gasteiger partial charge >= 0.3 is 17.9 Å². The largest absolute Gasteiger partial charge is 0.456 e. The van der Waals surface area contributed by atoms with Crippen LogP contribution in [0.3, 0.4) is 0 Å². The molecule has 1 heterocycles. The van der Waals surface area contributed by atoms with Gasteiger partial charge in [-0.15, -0.1) is 0 Å². The van der Waals surface area contributed by atoms with Crippen LogP contribution in [-0.4, -0.2) is 53.7 Å². The molecular formula is C12H18O8. The van der Waals surface area contributed by atoms with Crippen molar-refractivity contribution in [3.8, 4) is 0 Å². The maximum atomic E-state index is 11.2. The second-order valence-corrected chi connectivity index (χ2v) is 4.45. The van der Waals surface area contributed by atoms with Crippen LogP contribution in [0.5, 0.6) is 0 Å². The second-order valence-electron chi connectivity index (χ2n) is 4.45. The Morgan fingerprint density at radius 1 is 0.850 bits per heavy atom. The number of aliphatic hydroxyl groups is 1. The van der Waals surface area contributed by atoms with E-state index in [4.69, 9.17) is 18.9 Å². The van der Waals surface area contributed by atoms with Crippen molar-refractivity contribution in [1.29, 1.82) is 0 Å². The molecular weight excluding hydrogens is 272 g/mol. The minimum Gasteiger partial charge on any atom is -0.456 e. The van der Waals surface area contributed by atoms with Crippen LogP contribution >= 0.6 is 0 Å². The van der Waals surface area contributed by atoms with Crippen LogP contribution in [-0.2, 0) is 33.3 Å². The zero-order valence-corrected chi connectivity index (χ0v) is 11.7. The number of carbonyl (C=O) groups is 3. The predicted molar refractivity (Wildman–Crippen MR) is 63.2 cm³/mol. The SMILES string of the molecule is CC(=O)OC1C(OC(C)=O)[C@H](C)OC(O)[C@H]1OC(C)=O. The molecule has 0 aromatic carbocycles. The molecule has 20 heavy (non-hydrogen) atoms. The third-order valence-corrected chi connectivity index (χ3v) is 2.65. The molecule has 0 aromatic heterocycles. The normalized spacial score (nSPS) is 33.1. The Kier molecular flexibility index (Phi) is 5.46. The lowest BCUT2D eigenvalue weighted by molar-refractivity contribution is -0.288. The van der Waals surface area contributed by atoms with E-state index in [1.165, 1.54) is 13.8 Å². The topological polar surface area (TPSA) is 108 Å². The highest BCUT2D eigenvalue weighted by atomic mass is 16.7. The van der Waals surface area contributed by atoms with Crippen molar-refractivity contribution in [2.75, 3.05) is 0 Å². The first-order valence-corrected chi connectivity index (χ1v) is 6.07. The van der Waals surface area contributed by atoms with Gasteiger partial charge in [-0.1, -0.05) is 0 Å². The van der Waals surface area contributed by atoms with Crippen molar-refractivity contribution in [3.05, 3.63) is 0 Å². The van der Waals surface area contributed by atoms with Gasteiger partial charge in [0.25, 0.3) is 0 Å². The molecule has 1 fully saturated rings. The van der Waals surface area contributed by atoms with E-state index in [0.29, 0.717) is 0 Å². The Morgan fingerprint density at radius 3 is 1.70 bits per heavy atom. The van der Waals surface area contributed by atoms with Crippen LogP contribution < -0.4 is 0 Å². The fourth-order valence-electron chi connectivity index (χ4n) is 1.99. The molecule has 0 spiro atoms. The Balaban J connectivity index is 3.01. The summed E-state index contributed by atoms with van der Waals surface area (Å²) >= 11 is 0. The summed E-state index contributed by atoms with van der Waals surface area (Å²) in [6.07, 6.45) is -5.60. The summed E-state index contributed by atoms with van der Waals surface area (Å²) in [6, 6.07) is 0. The average molecular weight is 290 g/mol.